The largest absolute Gasteiger partial charge is 0.490 e. The molecule has 2 N–H and O–H groups in total. The minimum absolute atomic E-state index is 0.0792. The van der Waals surface area contributed by atoms with Crippen molar-refractivity contribution in [3.8, 4) is 22.8 Å². The first kappa shape index (κ1) is 21.8. The number of hydrogen-bond donors (Lipinski definition) is 2. The Balaban J connectivity index is 1.74. The molecule has 0 saturated heterocycles. The Morgan fingerprint density at radius 2 is 1.84 bits per heavy atom. The van der Waals surface area contributed by atoms with Crippen molar-refractivity contribution in [1.82, 2.24) is 15.4 Å². The van der Waals surface area contributed by atoms with E-state index in [4.69, 9.17) is 14.2 Å². The maximum absolute atomic E-state index is 12.3. The summed E-state index contributed by atoms with van der Waals surface area (Å²) in [6.45, 7) is 5.93. The summed E-state index contributed by atoms with van der Waals surface area (Å²) >= 11 is 0. The number of carbonyl (C=O) groups is 2. The van der Waals surface area contributed by atoms with Crippen molar-refractivity contribution >= 4 is 17.6 Å². The van der Waals surface area contributed by atoms with Gasteiger partial charge >= 0.3 is 5.97 Å². The molecule has 3 aromatic rings. The first-order valence-electron chi connectivity index (χ1n) is 9.86. The number of nitrogens with zero attached hydrogens (tertiary/aromatic N) is 2. The summed E-state index contributed by atoms with van der Waals surface area (Å²) in [4.78, 5) is 24.3. The third kappa shape index (κ3) is 5.59. The average molecular weight is 424 g/mol. The van der Waals surface area contributed by atoms with Crippen LogP contribution in [0.4, 0.5) is 5.69 Å². The van der Waals surface area contributed by atoms with E-state index >= 15 is 0 Å². The number of hydrogen-bond acceptors (Lipinski definition) is 7. The lowest BCUT2D eigenvalue weighted by molar-refractivity contribution is -0.118. The molecule has 0 bridgehead atoms. The van der Waals surface area contributed by atoms with Gasteiger partial charge in [-0.25, -0.2) is 4.79 Å². The van der Waals surface area contributed by atoms with Crippen molar-refractivity contribution in [2.45, 2.75) is 20.8 Å². The van der Waals surface area contributed by atoms with Crippen molar-refractivity contribution in [3.05, 3.63) is 53.7 Å². The lowest BCUT2D eigenvalue weighted by Gasteiger charge is -2.13. The second-order valence-corrected chi connectivity index (χ2v) is 6.54. The van der Waals surface area contributed by atoms with Gasteiger partial charge in [0.25, 0.3) is 5.91 Å². The van der Waals surface area contributed by atoms with Crippen molar-refractivity contribution in [3.63, 3.8) is 0 Å². The summed E-state index contributed by atoms with van der Waals surface area (Å²) in [6.07, 6.45) is 0. The summed E-state index contributed by atoms with van der Waals surface area (Å²) in [5.41, 5.74) is 2.75. The van der Waals surface area contributed by atoms with Gasteiger partial charge < -0.3 is 19.5 Å². The average Bonchev–Trinajstić information content (AvgIpc) is 3.23. The number of aromatic amines is 1. The highest BCUT2D eigenvalue weighted by Crippen LogP contribution is 2.33. The van der Waals surface area contributed by atoms with Crippen molar-refractivity contribution in [2.75, 3.05) is 25.1 Å². The van der Waals surface area contributed by atoms with E-state index in [0.29, 0.717) is 35.1 Å². The molecule has 2 aromatic carbocycles. The van der Waals surface area contributed by atoms with Gasteiger partial charge in [0.15, 0.2) is 23.8 Å². The van der Waals surface area contributed by atoms with E-state index in [-0.39, 0.29) is 24.8 Å². The molecule has 0 spiro atoms. The van der Waals surface area contributed by atoms with Gasteiger partial charge in [0, 0.05) is 11.3 Å². The number of aromatic nitrogens is 3. The molecule has 0 aliphatic carbocycles. The number of aryl methyl sites for hydroxylation is 1. The lowest BCUT2D eigenvalue weighted by Crippen LogP contribution is -2.20. The number of carbonyl (C=O) groups excluding carboxylic acids is 2. The maximum atomic E-state index is 12.3. The molecule has 0 unspecified atom stereocenters. The Morgan fingerprint density at radius 3 is 2.58 bits per heavy atom. The molecule has 9 heteroatoms. The number of nitrogens with one attached hydrogen (secondary N) is 2. The standard InChI is InChI=1S/C22H24N4O5/c1-4-29-18-12-15(20-21(25-26-24-20)22(28)30-5-2)9-10-17(18)31-13-19(27)23-16-8-6-7-14(3)11-16/h6-12H,4-5,13H2,1-3H3,(H,23,27)(H,24,25,26). The van der Waals surface area contributed by atoms with E-state index in [1.165, 1.54) is 0 Å². The van der Waals surface area contributed by atoms with E-state index in [1.54, 1.807) is 25.1 Å². The van der Waals surface area contributed by atoms with Crippen LogP contribution in [0.2, 0.25) is 0 Å². The van der Waals surface area contributed by atoms with Gasteiger partial charge in [-0.3, -0.25) is 4.79 Å². The fourth-order valence-corrected chi connectivity index (χ4v) is 2.88. The molecule has 31 heavy (non-hydrogen) atoms. The third-order valence-electron chi connectivity index (χ3n) is 4.19. The molecule has 0 saturated carbocycles. The fraction of sp³-hybridized carbons (Fsp3) is 0.273. The molecule has 0 aliphatic heterocycles. The minimum Gasteiger partial charge on any atom is -0.490 e. The van der Waals surface area contributed by atoms with Gasteiger partial charge in [-0.05, 0) is 56.7 Å². The SMILES string of the molecule is CCOC(=O)c1n[nH]nc1-c1ccc(OCC(=O)Nc2cccc(C)c2)c(OCC)c1. The van der Waals surface area contributed by atoms with Crippen molar-refractivity contribution in [1.29, 1.82) is 0 Å². The molecule has 3 rings (SSSR count). The molecule has 1 heterocycles. The topological polar surface area (TPSA) is 115 Å². The predicted octanol–water partition coefficient (Wildman–Crippen LogP) is 3.37. The molecule has 162 valence electrons. The molecular formula is C22H24N4O5. The van der Waals surface area contributed by atoms with E-state index < -0.39 is 5.97 Å². The van der Waals surface area contributed by atoms with E-state index in [2.05, 4.69) is 20.7 Å². The molecule has 0 aliphatic rings. The first-order chi connectivity index (χ1) is 15.0. The van der Waals surface area contributed by atoms with Crippen molar-refractivity contribution < 1.29 is 23.8 Å². The summed E-state index contributed by atoms with van der Waals surface area (Å²) in [7, 11) is 0. The van der Waals surface area contributed by atoms with Gasteiger partial charge in [0.1, 0.15) is 5.69 Å². The Labute approximate surface area is 179 Å². The number of ether oxygens (including phenoxy) is 3. The van der Waals surface area contributed by atoms with Crippen molar-refractivity contribution in [2.24, 2.45) is 0 Å². The van der Waals surface area contributed by atoms with E-state index in [0.717, 1.165) is 5.56 Å². The van der Waals surface area contributed by atoms with Gasteiger partial charge in [-0.1, -0.05) is 12.1 Å². The predicted molar refractivity (Wildman–Crippen MR) is 114 cm³/mol. The Morgan fingerprint density at radius 1 is 1.00 bits per heavy atom. The van der Waals surface area contributed by atoms with Crippen LogP contribution >= 0.6 is 0 Å². The van der Waals surface area contributed by atoms with Gasteiger partial charge in [-0.2, -0.15) is 10.3 Å². The zero-order chi connectivity index (χ0) is 22.2. The van der Waals surface area contributed by atoms with Crippen LogP contribution < -0.4 is 14.8 Å². The van der Waals surface area contributed by atoms with Crippen LogP contribution in [-0.2, 0) is 9.53 Å². The number of esters is 1. The summed E-state index contributed by atoms with van der Waals surface area (Å²) in [6, 6.07) is 12.5. The van der Waals surface area contributed by atoms with Gasteiger partial charge in [0.05, 0.1) is 13.2 Å². The molecule has 1 aromatic heterocycles. The Bertz CT molecular complexity index is 1060. The zero-order valence-electron chi connectivity index (χ0n) is 17.6. The quantitative estimate of drug-likeness (QED) is 0.506. The van der Waals surface area contributed by atoms with Gasteiger partial charge in [-0.15, -0.1) is 5.10 Å². The smallest absolute Gasteiger partial charge is 0.361 e. The second-order valence-electron chi connectivity index (χ2n) is 6.54. The number of amides is 1. The van der Waals surface area contributed by atoms with Crippen LogP contribution in [0, 0.1) is 6.92 Å². The highest BCUT2D eigenvalue weighted by atomic mass is 16.5. The molecular weight excluding hydrogens is 400 g/mol. The van der Waals surface area contributed by atoms with Crippen LogP contribution in [0.3, 0.4) is 0 Å². The number of anilines is 1. The first-order valence-corrected chi connectivity index (χ1v) is 9.86. The van der Waals surface area contributed by atoms with Crippen LogP contribution in [0.15, 0.2) is 42.5 Å². The van der Waals surface area contributed by atoms with E-state index in [1.807, 2.05) is 38.1 Å². The monoisotopic (exact) mass is 424 g/mol. The molecule has 0 atom stereocenters. The summed E-state index contributed by atoms with van der Waals surface area (Å²) in [5, 5.41) is 13.2. The third-order valence-corrected chi connectivity index (χ3v) is 4.19. The highest BCUT2D eigenvalue weighted by molar-refractivity contribution is 5.94. The molecule has 1 amide bonds. The van der Waals surface area contributed by atoms with Crippen LogP contribution in [0.5, 0.6) is 11.5 Å². The van der Waals surface area contributed by atoms with Gasteiger partial charge in [0.2, 0.25) is 0 Å². The normalized spacial score (nSPS) is 10.4. The second kappa shape index (κ2) is 10.2. The molecule has 9 nitrogen and oxygen atoms in total. The minimum atomic E-state index is -0.572. The highest BCUT2D eigenvalue weighted by Gasteiger charge is 2.20. The zero-order valence-corrected chi connectivity index (χ0v) is 17.6. The van der Waals surface area contributed by atoms with Crippen LogP contribution in [0.25, 0.3) is 11.3 Å². The maximum Gasteiger partial charge on any atom is 0.361 e. The van der Waals surface area contributed by atoms with E-state index in [9.17, 15) is 9.59 Å². The Hall–Kier alpha value is -3.88. The van der Waals surface area contributed by atoms with Crippen LogP contribution in [-0.4, -0.2) is 47.1 Å². The Kier molecular flexibility index (Phi) is 7.21. The molecule has 0 fully saturated rings. The number of benzene rings is 2. The summed E-state index contributed by atoms with van der Waals surface area (Å²) in [5.74, 6) is -0.0529. The number of H-pyrrole nitrogens is 1. The fourth-order valence-electron chi connectivity index (χ4n) is 2.88. The summed E-state index contributed by atoms with van der Waals surface area (Å²) < 4.78 is 16.3. The number of rotatable bonds is 9. The lowest BCUT2D eigenvalue weighted by atomic mass is 10.1. The molecule has 0 radical (unpaired) electrons. The van der Waals surface area contributed by atoms with Crippen LogP contribution in [0.1, 0.15) is 29.9 Å².